The average Bonchev–Trinajstić information content (AvgIpc) is 2.88. The fourth-order valence-corrected chi connectivity index (χ4v) is 3.10. The predicted octanol–water partition coefficient (Wildman–Crippen LogP) is 1.77. The van der Waals surface area contributed by atoms with E-state index in [1.54, 1.807) is 9.13 Å². The van der Waals surface area contributed by atoms with Gasteiger partial charge in [0.2, 0.25) is 0 Å². The number of aliphatic hydroxyl groups excluding tert-OH is 2. The van der Waals surface area contributed by atoms with Crippen LogP contribution in [0, 0.1) is 0 Å². The number of nitrogens with zero attached hydrogens (tertiary/aromatic N) is 2. The number of aliphatic hydroxyl groups is 2. The van der Waals surface area contributed by atoms with Crippen LogP contribution in [0.3, 0.4) is 0 Å². The van der Waals surface area contributed by atoms with Crippen molar-refractivity contribution in [3.8, 4) is 0 Å². The third-order valence-corrected chi connectivity index (χ3v) is 4.16. The number of para-hydroxylation sites is 2. The minimum absolute atomic E-state index is 0.185. The number of hydrogen-bond acceptors (Lipinski definition) is 3. The molecule has 0 saturated heterocycles. The molecule has 5 nitrogen and oxygen atoms in total. The quantitative estimate of drug-likeness (QED) is 0.754. The molecule has 120 valence electrons. The van der Waals surface area contributed by atoms with Crippen molar-refractivity contribution in [1.82, 2.24) is 9.13 Å². The first-order valence-corrected chi connectivity index (χ1v) is 7.72. The predicted molar refractivity (Wildman–Crippen MR) is 89.5 cm³/mol. The molecule has 5 heteroatoms. The molecule has 1 aromatic heterocycles. The SMILES string of the molecule is CCn1c(=O)n(C(c2ccccc2)[C@H](O)CO)c2ccccc21. The van der Waals surface area contributed by atoms with Gasteiger partial charge in [-0.2, -0.15) is 0 Å². The Hall–Kier alpha value is -2.37. The molecule has 0 aliphatic heterocycles. The third-order valence-electron chi connectivity index (χ3n) is 4.16. The summed E-state index contributed by atoms with van der Waals surface area (Å²) in [6.07, 6.45) is -1.06. The average molecular weight is 312 g/mol. The van der Waals surface area contributed by atoms with Crippen LogP contribution >= 0.6 is 0 Å². The van der Waals surface area contributed by atoms with Crippen LogP contribution in [0.25, 0.3) is 11.0 Å². The second-order valence-electron chi connectivity index (χ2n) is 5.49. The molecular weight excluding hydrogens is 292 g/mol. The van der Waals surface area contributed by atoms with E-state index in [1.165, 1.54) is 0 Å². The normalized spacial score (nSPS) is 14.0. The van der Waals surface area contributed by atoms with Gasteiger partial charge < -0.3 is 10.2 Å². The van der Waals surface area contributed by atoms with Crippen LogP contribution in [0.4, 0.5) is 0 Å². The highest BCUT2D eigenvalue weighted by Gasteiger charge is 2.27. The van der Waals surface area contributed by atoms with E-state index in [4.69, 9.17) is 0 Å². The Morgan fingerprint density at radius 2 is 1.61 bits per heavy atom. The molecule has 3 rings (SSSR count). The van der Waals surface area contributed by atoms with Gasteiger partial charge in [0.25, 0.3) is 0 Å². The van der Waals surface area contributed by atoms with Crippen LogP contribution in [0.5, 0.6) is 0 Å². The zero-order chi connectivity index (χ0) is 16.4. The number of hydrogen-bond donors (Lipinski definition) is 2. The number of aryl methyl sites for hydroxylation is 1. The Kier molecular flexibility index (Phi) is 4.32. The maximum Gasteiger partial charge on any atom is 0.329 e. The molecule has 0 fully saturated rings. The fourth-order valence-electron chi connectivity index (χ4n) is 3.10. The first-order chi connectivity index (χ1) is 11.2. The summed E-state index contributed by atoms with van der Waals surface area (Å²) in [5, 5.41) is 19.9. The van der Waals surface area contributed by atoms with E-state index in [-0.39, 0.29) is 5.69 Å². The van der Waals surface area contributed by atoms with Crippen molar-refractivity contribution in [2.24, 2.45) is 0 Å². The van der Waals surface area contributed by atoms with Crippen LogP contribution in [0.2, 0.25) is 0 Å². The van der Waals surface area contributed by atoms with Gasteiger partial charge in [0.1, 0.15) is 6.10 Å². The second-order valence-corrected chi connectivity index (χ2v) is 5.49. The third kappa shape index (κ3) is 2.58. The zero-order valence-electron chi connectivity index (χ0n) is 13.0. The molecule has 0 amide bonds. The molecule has 2 atom stereocenters. The second kappa shape index (κ2) is 6.40. The van der Waals surface area contributed by atoms with Crippen molar-refractivity contribution in [1.29, 1.82) is 0 Å². The van der Waals surface area contributed by atoms with Crippen molar-refractivity contribution >= 4 is 11.0 Å². The number of rotatable bonds is 5. The van der Waals surface area contributed by atoms with E-state index in [9.17, 15) is 15.0 Å². The minimum Gasteiger partial charge on any atom is -0.394 e. The Labute approximate surface area is 134 Å². The summed E-state index contributed by atoms with van der Waals surface area (Å²) in [5.74, 6) is 0. The van der Waals surface area contributed by atoms with E-state index in [1.807, 2.05) is 61.5 Å². The number of aromatic nitrogens is 2. The Morgan fingerprint density at radius 1 is 1.00 bits per heavy atom. The highest BCUT2D eigenvalue weighted by atomic mass is 16.3. The summed E-state index contributed by atoms with van der Waals surface area (Å²) in [6, 6.07) is 16.2. The maximum absolute atomic E-state index is 12.9. The van der Waals surface area contributed by atoms with Gasteiger partial charge in [-0.15, -0.1) is 0 Å². The summed E-state index contributed by atoms with van der Waals surface area (Å²) in [6.45, 7) is 2.04. The number of fused-ring (bicyclic) bond motifs is 1. The first kappa shape index (κ1) is 15.5. The molecular formula is C18H20N2O3. The Balaban J connectivity index is 2.31. The molecule has 2 N–H and O–H groups in total. The molecule has 23 heavy (non-hydrogen) atoms. The Bertz CT molecular complexity index is 852. The number of imidazole rings is 1. The smallest absolute Gasteiger partial charge is 0.329 e. The van der Waals surface area contributed by atoms with Gasteiger partial charge in [0.15, 0.2) is 0 Å². The van der Waals surface area contributed by atoms with Crippen molar-refractivity contribution in [3.05, 3.63) is 70.6 Å². The molecule has 1 heterocycles. The molecule has 0 bridgehead atoms. The molecule has 3 aromatic rings. The van der Waals surface area contributed by atoms with E-state index >= 15 is 0 Å². The van der Waals surface area contributed by atoms with Crippen LogP contribution in [0.1, 0.15) is 18.5 Å². The molecule has 0 radical (unpaired) electrons. The van der Waals surface area contributed by atoms with Gasteiger partial charge in [-0.25, -0.2) is 4.79 Å². The lowest BCUT2D eigenvalue weighted by Gasteiger charge is -2.23. The molecule has 0 saturated carbocycles. The van der Waals surface area contributed by atoms with Crippen LogP contribution in [0.15, 0.2) is 59.4 Å². The van der Waals surface area contributed by atoms with Gasteiger partial charge in [-0.1, -0.05) is 42.5 Å². The lowest BCUT2D eigenvalue weighted by atomic mass is 10.0. The fraction of sp³-hybridized carbons (Fsp3) is 0.278. The summed E-state index contributed by atoms with van der Waals surface area (Å²) < 4.78 is 3.25. The standard InChI is InChI=1S/C18H20N2O3/c1-2-19-14-10-6-7-11-15(14)20(18(19)23)17(16(22)12-21)13-8-4-3-5-9-13/h3-11,16-17,21-22H,2,12H2,1H3/t16-,17?/m1/s1. The largest absolute Gasteiger partial charge is 0.394 e. The monoisotopic (exact) mass is 312 g/mol. The van der Waals surface area contributed by atoms with Gasteiger partial charge in [-0.3, -0.25) is 9.13 Å². The summed E-state index contributed by atoms with van der Waals surface area (Å²) in [5.41, 5.74) is 2.18. The van der Waals surface area contributed by atoms with Crippen molar-refractivity contribution < 1.29 is 10.2 Å². The number of benzene rings is 2. The van der Waals surface area contributed by atoms with E-state index in [0.29, 0.717) is 6.54 Å². The highest BCUT2D eigenvalue weighted by Crippen LogP contribution is 2.25. The molecule has 1 unspecified atom stereocenters. The van der Waals surface area contributed by atoms with Gasteiger partial charge in [0, 0.05) is 6.54 Å². The van der Waals surface area contributed by atoms with Crippen LogP contribution in [-0.2, 0) is 6.54 Å². The summed E-state index contributed by atoms with van der Waals surface area (Å²) >= 11 is 0. The van der Waals surface area contributed by atoms with Crippen molar-refractivity contribution in [2.45, 2.75) is 25.6 Å². The molecule has 0 spiro atoms. The first-order valence-electron chi connectivity index (χ1n) is 7.72. The van der Waals surface area contributed by atoms with E-state index in [2.05, 4.69) is 0 Å². The lowest BCUT2D eigenvalue weighted by Crippen LogP contribution is -2.35. The van der Waals surface area contributed by atoms with Crippen molar-refractivity contribution in [2.75, 3.05) is 6.61 Å². The van der Waals surface area contributed by atoms with Gasteiger partial charge in [-0.05, 0) is 24.6 Å². The summed E-state index contributed by atoms with van der Waals surface area (Å²) in [4.78, 5) is 12.9. The molecule has 2 aromatic carbocycles. The maximum atomic E-state index is 12.9. The highest BCUT2D eigenvalue weighted by molar-refractivity contribution is 5.76. The van der Waals surface area contributed by atoms with Crippen molar-refractivity contribution in [3.63, 3.8) is 0 Å². The Morgan fingerprint density at radius 3 is 2.22 bits per heavy atom. The minimum atomic E-state index is -1.06. The van der Waals surface area contributed by atoms with Crippen LogP contribution in [-0.4, -0.2) is 32.1 Å². The van der Waals surface area contributed by atoms with E-state index in [0.717, 1.165) is 16.6 Å². The van der Waals surface area contributed by atoms with Gasteiger partial charge in [0.05, 0.1) is 23.7 Å². The van der Waals surface area contributed by atoms with E-state index < -0.39 is 18.8 Å². The zero-order valence-corrected chi connectivity index (χ0v) is 13.0. The summed E-state index contributed by atoms with van der Waals surface area (Å²) in [7, 11) is 0. The molecule has 0 aliphatic carbocycles. The topological polar surface area (TPSA) is 67.4 Å². The molecule has 0 aliphatic rings. The lowest BCUT2D eigenvalue weighted by molar-refractivity contribution is 0.0641. The van der Waals surface area contributed by atoms with Crippen LogP contribution < -0.4 is 5.69 Å². The van der Waals surface area contributed by atoms with Gasteiger partial charge >= 0.3 is 5.69 Å².